The largest absolute Gasteiger partial charge is 0.490 e. The summed E-state index contributed by atoms with van der Waals surface area (Å²) >= 11 is 0. The molecule has 2 N–H and O–H groups in total. The lowest BCUT2D eigenvalue weighted by atomic mass is 10.1. The van der Waals surface area contributed by atoms with Crippen LogP contribution in [0.5, 0.6) is 5.75 Å². The summed E-state index contributed by atoms with van der Waals surface area (Å²) in [5.74, 6) is 4.66. The highest BCUT2D eigenvalue weighted by atomic mass is 19.4. The summed E-state index contributed by atoms with van der Waals surface area (Å²) in [5, 5.41) is 6.12. The Morgan fingerprint density at radius 3 is 2.65 bits per heavy atom. The van der Waals surface area contributed by atoms with Crippen LogP contribution in [-0.4, -0.2) is 76.1 Å². The third-order valence-electron chi connectivity index (χ3n) is 5.62. The highest BCUT2D eigenvalue weighted by Crippen LogP contribution is 2.32. The fourth-order valence-corrected chi connectivity index (χ4v) is 3.63. The van der Waals surface area contributed by atoms with E-state index in [2.05, 4.69) is 41.7 Å². The highest BCUT2D eigenvalue weighted by Gasteiger charge is 2.33. The Bertz CT molecular complexity index is 1300. The molecule has 2 aromatic heterocycles. The van der Waals surface area contributed by atoms with Crippen molar-refractivity contribution in [3.8, 4) is 29.0 Å². The molecule has 0 bridgehead atoms. The van der Waals surface area contributed by atoms with Crippen LogP contribution in [0.2, 0.25) is 0 Å². The topological polar surface area (TPSA) is 117 Å². The van der Waals surface area contributed by atoms with E-state index in [1.807, 2.05) is 0 Å². The Morgan fingerprint density at radius 2 is 2.00 bits per heavy atom. The molecule has 1 saturated heterocycles. The number of benzene rings is 1. The number of piperazine rings is 1. The first-order chi connectivity index (χ1) is 17.7. The van der Waals surface area contributed by atoms with Gasteiger partial charge in [0.1, 0.15) is 30.1 Å². The Balaban J connectivity index is 1.48. The average molecular weight is 516 g/mol. The summed E-state index contributed by atoms with van der Waals surface area (Å²) in [6.45, 7) is 5.11. The second-order valence-electron chi connectivity index (χ2n) is 8.17. The Morgan fingerprint density at radius 1 is 1.22 bits per heavy atom. The van der Waals surface area contributed by atoms with Crippen LogP contribution >= 0.6 is 0 Å². The molecule has 1 aliphatic rings. The van der Waals surface area contributed by atoms with Crippen LogP contribution in [0.25, 0.3) is 11.4 Å². The van der Waals surface area contributed by atoms with Gasteiger partial charge in [-0.2, -0.15) is 13.2 Å². The molecule has 0 atom stereocenters. The van der Waals surface area contributed by atoms with Crippen molar-refractivity contribution in [3.05, 3.63) is 48.1 Å². The maximum atomic E-state index is 13.0. The number of anilines is 1. The summed E-state index contributed by atoms with van der Waals surface area (Å²) in [4.78, 5) is 33.9. The molecule has 0 saturated carbocycles. The van der Waals surface area contributed by atoms with Crippen LogP contribution in [0.15, 0.2) is 41.4 Å². The molecule has 3 aromatic rings. The van der Waals surface area contributed by atoms with E-state index in [4.69, 9.17) is 4.74 Å². The molecule has 0 unspecified atom stereocenters. The average Bonchev–Trinajstić information content (AvgIpc) is 3.56. The first-order valence-corrected chi connectivity index (χ1v) is 11.3. The minimum Gasteiger partial charge on any atom is -0.490 e. The molecule has 13 heteroatoms. The number of ether oxygens (including phenoxy) is 1. The van der Waals surface area contributed by atoms with Crippen LogP contribution < -0.4 is 10.1 Å². The van der Waals surface area contributed by atoms with E-state index in [1.165, 1.54) is 18.5 Å². The predicted octanol–water partition coefficient (Wildman–Crippen LogP) is 2.62. The number of alkyl halides is 3. The van der Waals surface area contributed by atoms with Gasteiger partial charge < -0.3 is 24.5 Å². The standard InChI is InChI=1S/C24H23F3N6O4/c1-16(34)33-8-6-32(7-9-33)10-11-36-20-4-3-18(23-28-14-21(31-23)24(25,26)27)12-19(20)30-22(35)5-2-17-13-29-37-15-17/h3-4,12-15H,6-11H2,1H3,(H,28,31)(H,30,35). The zero-order chi connectivity index (χ0) is 26.4. The fourth-order valence-electron chi connectivity index (χ4n) is 3.63. The zero-order valence-corrected chi connectivity index (χ0v) is 19.8. The van der Waals surface area contributed by atoms with Gasteiger partial charge in [0.05, 0.1) is 23.6 Å². The van der Waals surface area contributed by atoms with Crippen molar-refractivity contribution in [1.82, 2.24) is 24.9 Å². The van der Waals surface area contributed by atoms with Gasteiger partial charge in [-0.15, -0.1) is 0 Å². The van der Waals surface area contributed by atoms with Crippen molar-refractivity contribution in [1.29, 1.82) is 0 Å². The number of nitrogens with zero attached hydrogens (tertiary/aromatic N) is 4. The van der Waals surface area contributed by atoms with E-state index in [9.17, 15) is 22.8 Å². The minimum absolute atomic E-state index is 0.0201. The summed E-state index contributed by atoms with van der Waals surface area (Å²) in [7, 11) is 0. The lowest BCUT2D eigenvalue weighted by molar-refractivity contribution is -0.140. The number of rotatable bonds is 6. The fraction of sp³-hybridized carbons (Fsp3) is 0.333. The van der Waals surface area contributed by atoms with E-state index in [0.717, 1.165) is 0 Å². The van der Waals surface area contributed by atoms with Gasteiger partial charge in [-0.1, -0.05) is 11.1 Å². The Hall–Kier alpha value is -4.31. The number of nitrogens with one attached hydrogen (secondary N) is 2. The normalized spacial score (nSPS) is 14.1. The van der Waals surface area contributed by atoms with Crippen LogP contribution in [-0.2, 0) is 15.8 Å². The first-order valence-electron chi connectivity index (χ1n) is 11.3. The number of aromatic nitrogens is 3. The Labute approximate surface area is 209 Å². The SMILES string of the molecule is CC(=O)N1CCN(CCOc2ccc(-c3ncc(C(F)(F)F)[nH]3)cc2NC(=O)C#Cc2cnoc2)CC1. The second-order valence-corrected chi connectivity index (χ2v) is 8.17. The molecule has 10 nitrogen and oxygen atoms in total. The molecule has 3 heterocycles. The molecule has 2 amide bonds. The molecule has 1 fully saturated rings. The maximum absolute atomic E-state index is 13.0. The monoisotopic (exact) mass is 516 g/mol. The summed E-state index contributed by atoms with van der Waals surface area (Å²) in [6.07, 6.45) is -1.24. The number of hydrogen-bond donors (Lipinski definition) is 2. The van der Waals surface area contributed by atoms with E-state index >= 15 is 0 Å². The summed E-state index contributed by atoms with van der Waals surface area (Å²) < 4.78 is 49.5. The molecule has 37 heavy (non-hydrogen) atoms. The lowest BCUT2D eigenvalue weighted by Crippen LogP contribution is -2.48. The van der Waals surface area contributed by atoms with Gasteiger partial charge in [-0.25, -0.2) is 4.98 Å². The molecule has 1 aromatic carbocycles. The van der Waals surface area contributed by atoms with Crippen molar-refractivity contribution < 1.29 is 32.0 Å². The van der Waals surface area contributed by atoms with E-state index in [1.54, 1.807) is 24.0 Å². The molecule has 4 rings (SSSR count). The van der Waals surface area contributed by atoms with Crippen LogP contribution in [0.3, 0.4) is 0 Å². The lowest BCUT2D eigenvalue weighted by Gasteiger charge is -2.34. The van der Waals surface area contributed by atoms with Gasteiger partial charge in [-0.3, -0.25) is 14.5 Å². The first kappa shape index (κ1) is 25.8. The van der Waals surface area contributed by atoms with E-state index in [0.29, 0.717) is 55.8 Å². The molecule has 194 valence electrons. The van der Waals surface area contributed by atoms with Gasteiger partial charge in [-0.05, 0) is 18.2 Å². The maximum Gasteiger partial charge on any atom is 0.432 e. The number of aromatic amines is 1. The van der Waals surface area contributed by atoms with E-state index < -0.39 is 17.8 Å². The number of H-pyrrole nitrogens is 1. The van der Waals surface area contributed by atoms with Gasteiger partial charge in [0.25, 0.3) is 0 Å². The van der Waals surface area contributed by atoms with Crippen LogP contribution in [0.4, 0.5) is 18.9 Å². The zero-order valence-electron chi connectivity index (χ0n) is 19.8. The van der Waals surface area contributed by atoms with Gasteiger partial charge in [0.15, 0.2) is 0 Å². The van der Waals surface area contributed by atoms with Crippen LogP contribution in [0, 0.1) is 11.8 Å². The molecular formula is C24H23F3N6O4. The highest BCUT2D eigenvalue weighted by molar-refractivity contribution is 6.05. The summed E-state index contributed by atoms with van der Waals surface area (Å²) in [5.41, 5.74) is -0.0580. The number of imidazole rings is 1. The predicted molar refractivity (Wildman–Crippen MR) is 125 cm³/mol. The van der Waals surface area contributed by atoms with Crippen molar-refractivity contribution in [2.24, 2.45) is 0 Å². The van der Waals surface area contributed by atoms with Gasteiger partial charge in [0, 0.05) is 51.1 Å². The van der Waals surface area contributed by atoms with Gasteiger partial charge in [0.2, 0.25) is 5.91 Å². The van der Waals surface area contributed by atoms with Crippen molar-refractivity contribution >= 4 is 17.5 Å². The second kappa shape index (κ2) is 11.2. The summed E-state index contributed by atoms with van der Waals surface area (Å²) in [6, 6.07) is 4.54. The number of halogens is 3. The molecule has 0 spiro atoms. The van der Waals surface area contributed by atoms with E-state index in [-0.39, 0.29) is 24.0 Å². The van der Waals surface area contributed by atoms with Crippen molar-refractivity contribution in [3.63, 3.8) is 0 Å². The quantitative estimate of drug-likeness (QED) is 0.484. The number of carbonyl (C=O) groups excluding carboxylic acids is 2. The van der Waals surface area contributed by atoms with Crippen LogP contribution in [0.1, 0.15) is 18.2 Å². The molecule has 0 aliphatic carbocycles. The van der Waals surface area contributed by atoms with Gasteiger partial charge >= 0.3 is 12.1 Å². The number of hydrogen-bond acceptors (Lipinski definition) is 7. The molecule has 0 radical (unpaired) electrons. The third-order valence-corrected chi connectivity index (χ3v) is 5.62. The molecule has 1 aliphatic heterocycles. The number of carbonyl (C=O) groups is 2. The third kappa shape index (κ3) is 6.89. The number of amides is 2. The minimum atomic E-state index is -4.57. The Kier molecular flexibility index (Phi) is 7.78. The van der Waals surface area contributed by atoms with Crippen molar-refractivity contribution in [2.75, 3.05) is 44.6 Å². The van der Waals surface area contributed by atoms with Crippen molar-refractivity contribution in [2.45, 2.75) is 13.1 Å². The smallest absolute Gasteiger partial charge is 0.432 e. The molecular weight excluding hydrogens is 493 g/mol.